The number of ketones is 1. The number of pyridine rings is 1. The number of thiophene rings is 1. The van der Waals surface area contributed by atoms with Gasteiger partial charge in [0.05, 0.1) is 40.3 Å². The predicted octanol–water partition coefficient (Wildman–Crippen LogP) is 5.00. The van der Waals surface area contributed by atoms with E-state index in [0.29, 0.717) is 22.6 Å². The Balaban J connectivity index is 1.34. The highest BCUT2D eigenvalue weighted by molar-refractivity contribution is 7.12. The monoisotopic (exact) mass is 462 g/mol. The molecule has 0 aliphatic carbocycles. The highest BCUT2D eigenvalue weighted by Gasteiger charge is 2.18. The molecule has 0 amide bonds. The SMILES string of the molecule is O=C(c1cccs1)c1cnn2c(-c3cccc(-c4ccn(Cc5ccccn5)n4)c3)ccnc12. The Morgan fingerprint density at radius 2 is 1.85 bits per heavy atom. The quantitative estimate of drug-likeness (QED) is 0.326. The molecule has 7 nitrogen and oxygen atoms in total. The second-order valence-electron chi connectivity index (χ2n) is 7.73. The van der Waals surface area contributed by atoms with Gasteiger partial charge in [-0.15, -0.1) is 11.3 Å². The van der Waals surface area contributed by atoms with Gasteiger partial charge in [-0.2, -0.15) is 10.2 Å². The topological polar surface area (TPSA) is 78.0 Å². The average Bonchev–Trinajstić information content (AvgIpc) is 3.65. The highest BCUT2D eigenvalue weighted by Crippen LogP contribution is 2.27. The van der Waals surface area contributed by atoms with Gasteiger partial charge in [0, 0.05) is 29.7 Å². The van der Waals surface area contributed by atoms with Crippen molar-refractivity contribution in [2.75, 3.05) is 0 Å². The Kier molecular flexibility index (Phi) is 5.04. The van der Waals surface area contributed by atoms with E-state index in [1.807, 2.05) is 76.9 Å². The maximum Gasteiger partial charge on any atom is 0.208 e. The van der Waals surface area contributed by atoms with Gasteiger partial charge in [-0.25, -0.2) is 9.50 Å². The van der Waals surface area contributed by atoms with Crippen LogP contribution in [0.5, 0.6) is 0 Å². The minimum atomic E-state index is -0.0677. The summed E-state index contributed by atoms with van der Waals surface area (Å²) in [6.07, 6.45) is 7.05. The summed E-state index contributed by atoms with van der Waals surface area (Å²) in [5, 5.41) is 11.1. The minimum Gasteiger partial charge on any atom is -0.287 e. The lowest BCUT2D eigenvalue weighted by Gasteiger charge is -2.07. The molecule has 0 aliphatic rings. The second-order valence-corrected chi connectivity index (χ2v) is 8.68. The zero-order chi connectivity index (χ0) is 22.9. The normalized spacial score (nSPS) is 11.2. The zero-order valence-corrected chi connectivity index (χ0v) is 18.8. The van der Waals surface area contributed by atoms with Gasteiger partial charge in [0.15, 0.2) is 5.65 Å². The highest BCUT2D eigenvalue weighted by atomic mass is 32.1. The zero-order valence-electron chi connectivity index (χ0n) is 17.9. The molecule has 6 rings (SSSR count). The minimum absolute atomic E-state index is 0.0677. The number of aromatic nitrogens is 6. The van der Waals surface area contributed by atoms with E-state index in [4.69, 9.17) is 5.10 Å². The van der Waals surface area contributed by atoms with Crippen LogP contribution in [0.3, 0.4) is 0 Å². The molecule has 1 aromatic carbocycles. The van der Waals surface area contributed by atoms with Crippen LogP contribution >= 0.6 is 11.3 Å². The first kappa shape index (κ1) is 20.2. The largest absolute Gasteiger partial charge is 0.287 e. The number of nitrogens with zero attached hydrogens (tertiary/aromatic N) is 6. The molecule has 0 saturated heterocycles. The van der Waals surface area contributed by atoms with Crippen molar-refractivity contribution in [1.29, 1.82) is 0 Å². The van der Waals surface area contributed by atoms with Crippen LogP contribution in [0.2, 0.25) is 0 Å². The van der Waals surface area contributed by atoms with E-state index in [1.165, 1.54) is 11.3 Å². The summed E-state index contributed by atoms with van der Waals surface area (Å²) in [5.41, 5.74) is 5.67. The van der Waals surface area contributed by atoms with E-state index in [-0.39, 0.29) is 5.78 Å². The van der Waals surface area contributed by atoms with Crippen molar-refractivity contribution in [2.24, 2.45) is 0 Å². The van der Waals surface area contributed by atoms with E-state index in [1.54, 1.807) is 23.1 Å². The maximum atomic E-state index is 12.9. The molecule has 5 aromatic heterocycles. The smallest absolute Gasteiger partial charge is 0.208 e. The average molecular weight is 463 g/mol. The Morgan fingerprint density at radius 1 is 0.912 bits per heavy atom. The lowest BCUT2D eigenvalue weighted by molar-refractivity contribution is 0.104. The fourth-order valence-corrected chi connectivity index (χ4v) is 4.59. The molecule has 0 unspecified atom stereocenters. The van der Waals surface area contributed by atoms with Gasteiger partial charge >= 0.3 is 0 Å². The van der Waals surface area contributed by atoms with Crippen molar-refractivity contribution in [3.63, 3.8) is 0 Å². The van der Waals surface area contributed by atoms with Gasteiger partial charge in [-0.3, -0.25) is 14.5 Å². The summed E-state index contributed by atoms with van der Waals surface area (Å²) in [4.78, 5) is 22.4. The first-order chi connectivity index (χ1) is 16.8. The van der Waals surface area contributed by atoms with Gasteiger partial charge in [0.25, 0.3) is 0 Å². The second kappa shape index (κ2) is 8.49. The molecular weight excluding hydrogens is 444 g/mol. The number of carbonyl (C=O) groups is 1. The number of rotatable bonds is 6. The van der Waals surface area contributed by atoms with Crippen LogP contribution in [-0.2, 0) is 6.54 Å². The molecule has 0 radical (unpaired) electrons. The third-order valence-electron chi connectivity index (χ3n) is 5.54. The van der Waals surface area contributed by atoms with Gasteiger partial charge < -0.3 is 0 Å². The van der Waals surface area contributed by atoms with Crippen LogP contribution < -0.4 is 0 Å². The molecule has 0 aliphatic heterocycles. The van der Waals surface area contributed by atoms with Crippen LogP contribution in [0.15, 0.2) is 96.9 Å². The summed E-state index contributed by atoms with van der Waals surface area (Å²) in [6, 6.07) is 21.6. The number of hydrogen-bond acceptors (Lipinski definition) is 6. The van der Waals surface area contributed by atoms with Crippen molar-refractivity contribution < 1.29 is 4.79 Å². The summed E-state index contributed by atoms with van der Waals surface area (Å²) in [6.45, 7) is 0.611. The van der Waals surface area contributed by atoms with Crippen molar-refractivity contribution in [2.45, 2.75) is 6.54 Å². The molecule has 0 fully saturated rings. The third kappa shape index (κ3) is 3.70. The number of carbonyl (C=O) groups excluding carboxylic acids is 1. The van der Waals surface area contributed by atoms with Crippen LogP contribution in [0, 0.1) is 0 Å². The van der Waals surface area contributed by atoms with Crippen LogP contribution in [0.25, 0.3) is 28.2 Å². The van der Waals surface area contributed by atoms with E-state index in [9.17, 15) is 4.79 Å². The molecule has 8 heteroatoms. The lowest BCUT2D eigenvalue weighted by Crippen LogP contribution is -2.02. The van der Waals surface area contributed by atoms with Crippen LogP contribution in [0.1, 0.15) is 20.9 Å². The Hall–Kier alpha value is -4.43. The fourth-order valence-electron chi connectivity index (χ4n) is 3.91. The molecule has 0 spiro atoms. The summed E-state index contributed by atoms with van der Waals surface area (Å²) < 4.78 is 3.60. The van der Waals surface area contributed by atoms with E-state index in [0.717, 1.165) is 28.2 Å². The number of fused-ring (bicyclic) bond motifs is 1. The molecule has 0 bridgehead atoms. The van der Waals surface area contributed by atoms with E-state index in [2.05, 4.69) is 21.1 Å². The molecule has 5 heterocycles. The van der Waals surface area contributed by atoms with Gasteiger partial charge in [-0.05, 0) is 41.8 Å². The lowest BCUT2D eigenvalue weighted by atomic mass is 10.1. The summed E-state index contributed by atoms with van der Waals surface area (Å²) in [7, 11) is 0. The van der Waals surface area contributed by atoms with Crippen molar-refractivity contribution in [3.05, 3.63) is 113 Å². The van der Waals surface area contributed by atoms with E-state index < -0.39 is 0 Å². The molecule has 0 atom stereocenters. The van der Waals surface area contributed by atoms with E-state index >= 15 is 0 Å². The number of benzene rings is 1. The Morgan fingerprint density at radius 3 is 2.71 bits per heavy atom. The Bertz CT molecular complexity index is 1600. The van der Waals surface area contributed by atoms with Crippen molar-refractivity contribution >= 4 is 22.8 Å². The van der Waals surface area contributed by atoms with Gasteiger partial charge in [-0.1, -0.05) is 30.3 Å². The standard InChI is InChI=1S/C26H18N6OS/c33-25(24-8-4-14-34-24)21-16-29-32-23(9-12-28-26(21)32)19-6-3-5-18(15-19)22-10-13-31(30-22)17-20-7-1-2-11-27-20/h1-16H,17H2. The molecule has 164 valence electrons. The Labute approximate surface area is 199 Å². The van der Waals surface area contributed by atoms with Crippen LogP contribution in [0.4, 0.5) is 0 Å². The van der Waals surface area contributed by atoms with Crippen molar-refractivity contribution in [1.82, 2.24) is 29.4 Å². The first-order valence-electron chi connectivity index (χ1n) is 10.7. The van der Waals surface area contributed by atoms with Gasteiger partial charge in [0.1, 0.15) is 0 Å². The first-order valence-corrected chi connectivity index (χ1v) is 11.6. The maximum absolute atomic E-state index is 12.9. The fraction of sp³-hybridized carbons (Fsp3) is 0.0385. The number of hydrogen-bond donors (Lipinski definition) is 0. The molecule has 34 heavy (non-hydrogen) atoms. The van der Waals surface area contributed by atoms with Crippen molar-refractivity contribution in [3.8, 4) is 22.5 Å². The van der Waals surface area contributed by atoms with Crippen LogP contribution in [-0.4, -0.2) is 35.1 Å². The predicted molar refractivity (Wildman–Crippen MR) is 131 cm³/mol. The molecule has 0 N–H and O–H groups in total. The third-order valence-corrected chi connectivity index (χ3v) is 6.40. The molecule has 0 saturated carbocycles. The van der Waals surface area contributed by atoms with Gasteiger partial charge in [0.2, 0.25) is 5.78 Å². The summed E-state index contributed by atoms with van der Waals surface area (Å²) in [5.74, 6) is -0.0677. The summed E-state index contributed by atoms with van der Waals surface area (Å²) >= 11 is 1.41. The molecule has 6 aromatic rings. The molecular formula is C26H18N6OS.